The van der Waals surface area contributed by atoms with Gasteiger partial charge in [-0.05, 0) is 38.1 Å². The predicted molar refractivity (Wildman–Crippen MR) is 101 cm³/mol. The van der Waals surface area contributed by atoms with Crippen molar-refractivity contribution in [2.24, 2.45) is 0 Å². The van der Waals surface area contributed by atoms with Crippen molar-refractivity contribution in [1.29, 1.82) is 0 Å². The van der Waals surface area contributed by atoms with Gasteiger partial charge in [0.05, 0.1) is 25.1 Å². The number of carbonyl (C=O) groups excluding carboxylic acids is 1. The molecule has 0 bridgehead atoms. The van der Waals surface area contributed by atoms with E-state index in [1.807, 2.05) is 18.2 Å². The molecule has 0 saturated carbocycles. The number of halogens is 1. The quantitative estimate of drug-likeness (QED) is 0.608. The highest BCUT2D eigenvalue weighted by atomic mass is 31.0. The molecule has 2 rings (SSSR count). The number of esters is 1. The minimum absolute atomic E-state index is 0.0553. The Morgan fingerprint density at radius 1 is 1.27 bits per heavy atom. The number of benzene rings is 2. The van der Waals surface area contributed by atoms with Gasteiger partial charge in [-0.15, -0.1) is 9.24 Å². The van der Waals surface area contributed by atoms with Gasteiger partial charge in [-0.25, -0.2) is 9.18 Å². The summed E-state index contributed by atoms with van der Waals surface area (Å²) in [7, 11) is 3.58. The van der Waals surface area contributed by atoms with Gasteiger partial charge in [-0.1, -0.05) is 18.2 Å². The van der Waals surface area contributed by atoms with Crippen LogP contribution in [0.4, 0.5) is 4.39 Å². The first kappa shape index (κ1) is 21.9. The molecule has 2 atom stereocenters. The van der Waals surface area contributed by atoms with Crippen molar-refractivity contribution < 1.29 is 28.5 Å². The lowest BCUT2D eigenvalue weighted by Crippen LogP contribution is -2.11. The number of hydrogen-bond donors (Lipinski definition) is 1. The Kier molecular flexibility index (Phi) is 9.63. The van der Waals surface area contributed by atoms with Gasteiger partial charge in [0, 0.05) is 5.56 Å². The van der Waals surface area contributed by atoms with E-state index >= 15 is 0 Å². The SMILES string of the molecule is CC(O)P.CCOC(=O)c1cc(F)c(OC)cc1COc1ccccc1. The molecule has 2 unspecified atom stereocenters. The average Bonchev–Trinajstić information content (AvgIpc) is 2.61. The second kappa shape index (κ2) is 11.4. The van der Waals surface area contributed by atoms with Crippen LogP contribution in [0, 0.1) is 5.82 Å². The largest absolute Gasteiger partial charge is 0.494 e. The lowest BCUT2D eigenvalue weighted by atomic mass is 10.1. The minimum Gasteiger partial charge on any atom is -0.494 e. The molecule has 142 valence electrons. The molecule has 0 radical (unpaired) electrons. The summed E-state index contributed by atoms with van der Waals surface area (Å²) in [5, 5.41) is 8.02. The Bertz CT molecular complexity index is 689. The predicted octanol–water partition coefficient (Wildman–Crippen LogP) is 3.79. The Hall–Kier alpha value is -2.17. The van der Waals surface area contributed by atoms with E-state index < -0.39 is 11.8 Å². The second-order valence-corrected chi connectivity index (χ2v) is 6.17. The molecule has 0 heterocycles. The van der Waals surface area contributed by atoms with Crippen LogP contribution >= 0.6 is 9.24 Å². The zero-order valence-electron chi connectivity index (χ0n) is 15.1. The molecule has 0 aliphatic rings. The Morgan fingerprint density at radius 2 is 1.88 bits per heavy atom. The van der Waals surface area contributed by atoms with E-state index in [4.69, 9.17) is 19.3 Å². The summed E-state index contributed by atoms with van der Waals surface area (Å²) in [6.45, 7) is 3.70. The molecule has 0 aliphatic heterocycles. The van der Waals surface area contributed by atoms with E-state index in [1.54, 1.807) is 26.0 Å². The standard InChI is InChI=1S/C17H17FO4.C2H7OP/c1-3-21-17(19)14-10-15(18)16(20-2)9-12(14)11-22-13-7-5-4-6-8-13;1-2(3)4/h4-10H,3,11H2,1-2H3;2-3H,4H2,1H3. The van der Waals surface area contributed by atoms with Crippen LogP contribution in [0.3, 0.4) is 0 Å². The van der Waals surface area contributed by atoms with Crippen molar-refractivity contribution in [1.82, 2.24) is 0 Å². The molecule has 2 aromatic carbocycles. The highest BCUT2D eigenvalue weighted by Gasteiger charge is 2.17. The molecule has 5 nitrogen and oxygen atoms in total. The Morgan fingerprint density at radius 3 is 2.42 bits per heavy atom. The van der Waals surface area contributed by atoms with Gasteiger partial charge in [0.2, 0.25) is 0 Å². The van der Waals surface area contributed by atoms with Crippen molar-refractivity contribution in [2.75, 3.05) is 13.7 Å². The minimum atomic E-state index is -0.617. The number of methoxy groups -OCH3 is 1. The first-order valence-corrected chi connectivity index (χ1v) is 8.70. The molecule has 2 aromatic rings. The van der Waals surface area contributed by atoms with Gasteiger partial charge in [0.25, 0.3) is 0 Å². The summed E-state index contributed by atoms with van der Waals surface area (Å²) in [4.78, 5) is 11.9. The van der Waals surface area contributed by atoms with Crippen molar-refractivity contribution >= 4 is 15.2 Å². The number of carbonyl (C=O) groups is 1. The molecule has 0 saturated heterocycles. The average molecular weight is 382 g/mol. The fourth-order valence-corrected chi connectivity index (χ4v) is 1.95. The maximum Gasteiger partial charge on any atom is 0.338 e. The first-order valence-electron chi connectivity index (χ1n) is 8.04. The lowest BCUT2D eigenvalue weighted by Gasteiger charge is -2.13. The fourth-order valence-electron chi connectivity index (χ4n) is 1.95. The normalized spacial score (nSPS) is 11.0. The Labute approximate surface area is 155 Å². The van der Waals surface area contributed by atoms with Gasteiger partial charge in [0.1, 0.15) is 12.4 Å². The number of hydrogen-bond acceptors (Lipinski definition) is 5. The van der Waals surface area contributed by atoms with E-state index in [1.165, 1.54) is 13.2 Å². The number of para-hydroxylation sites is 1. The molecule has 0 fully saturated rings. The van der Waals surface area contributed by atoms with Crippen LogP contribution in [-0.2, 0) is 11.3 Å². The van der Waals surface area contributed by atoms with Crippen LogP contribution in [0.5, 0.6) is 11.5 Å². The summed E-state index contributed by atoms with van der Waals surface area (Å²) < 4.78 is 29.3. The summed E-state index contributed by atoms with van der Waals surface area (Å²) >= 11 is 0. The van der Waals surface area contributed by atoms with Crippen molar-refractivity contribution in [3.63, 3.8) is 0 Å². The summed E-state index contributed by atoms with van der Waals surface area (Å²) in [6.07, 6.45) is 0. The summed E-state index contributed by atoms with van der Waals surface area (Å²) in [6, 6.07) is 11.7. The van der Waals surface area contributed by atoms with Gasteiger partial charge < -0.3 is 19.3 Å². The van der Waals surface area contributed by atoms with E-state index in [0.717, 1.165) is 6.07 Å². The van der Waals surface area contributed by atoms with Crippen molar-refractivity contribution in [2.45, 2.75) is 26.3 Å². The second-order valence-electron chi connectivity index (χ2n) is 5.21. The summed E-state index contributed by atoms with van der Waals surface area (Å²) in [5.41, 5.74) is 0.636. The third-order valence-electron chi connectivity index (χ3n) is 3.01. The molecule has 0 spiro atoms. The molecule has 0 amide bonds. The highest BCUT2D eigenvalue weighted by molar-refractivity contribution is 7.17. The van der Waals surface area contributed by atoms with Crippen molar-refractivity contribution in [3.05, 3.63) is 59.4 Å². The monoisotopic (exact) mass is 382 g/mol. The molecule has 0 aromatic heterocycles. The van der Waals surface area contributed by atoms with Gasteiger partial charge in [0.15, 0.2) is 11.6 Å². The molecule has 1 N–H and O–H groups in total. The molecular formula is C19H24FO5P. The molecule has 7 heteroatoms. The number of aliphatic hydroxyl groups excluding tert-OH is 1. The highest BCUT2D eigenvalue weighted by Crippen LogP contribution is 2.24. The van der Waals surface area contributed by atoms with Gasteiger partial charge in [-0.3, -0.25) is 0 Å². The fraction of sp³-hybridized carbons (Fsp3) is 0.316. The molecular weight excluding hydrogens is 358 g/mol. The molecule has 26 heavy (non-hydrogen) atoms. The van der Waals surface area contributed by atoms with E-state index in [9.17, 15) is 9.18 Å². The first-order chi connectivity index (χ1) is 12.4. The maximum atomic E-state index is 13.8. The van der Waals surface area contributed by atoms with Crippen LogP contribution in [0.1, 0.15) is 29.8 Å². The van der Waals surface area contributed by atoms with Crippen molar-refractivity contribution in [3.8, 4) is 11.5 Å². The van der Waals surface area contributed by atoms with Crippen LogP contribution < -0.4 is 9.47 Å². The number of ether oxygens (including phenoxy) is 3. The number of aliphatic hydroxyl groups is 1. The van der Waals surface area contributed by atoms with E-state index in [0.29, 0.717) is 11.3 Å². The topological polar surface area (TPSA) is 65.0 Å². The molecule has 0 aliphatic carbocycles. The zero-order valence-corrected chi connectivity index (χ0v) is 16.2. The zero-order chi connectivity index (χ0) is 19.5. The van der Waals surface area contributed by atoms with Gasteiger partial charge >= 0.3 is 5.97 Å². The van der Waals surface area contributed by atoms with Crippen LogP contribution in [0.25, 0.3) is 0 Å². The maximum absolute atomic E-state index is 13.8. The summed E-state index contributed by atoms with van der Waals surface area (Å²) in [5.74, 6) is -0.745. The Balaban J connectivity index is 0.000000765. The van der Waals surface area contributed by atoms with E-state index in [2.05, 4.69) is 9.24 Å². The van der Waals surface area contributed by atoms with Crippen LogP contribution in [-0.4, -0.2) is 30.6 Å². The van der Waals surface area contributed by atoms with Crippen LogP contribution in [0.15, 0.2) is 42.5 Å². The third kappa shape index (κ3) is 7.38. The van der Waals surface area contributed by atoms with E-state index in [-0.39, 0.29) is 30.4 Å². The lowest BCUT2D eigenvalue weighted by molar-refractivity contribution is 0.0522. The smallest absolute Gasteiger partial charge is 0.338 e. The third-order valence-corrected chi connectivity index (χ3v) is 3.01. The van der Waals surface area contributed by atoms with Gasteiger partial charge in [-0.2, -0.15) is 0 Å². The van der Waals surface area contributed by atoms with Crippen LogP contribution in [0.2, 0.25) is 0 Å². The number of rotatable bonds is 6.